The largest absolute Gasteiger partial charge is 0.506 e. The van der Waals surface area contributed by atoms with E-state index in [0.717, 1.165) is 56.6 Å². The fourth-order valence-corrected chi connectivity index (χ4v) is 4.88. The predicted molar refractivity (Wildman–Crippen MR) is 148 cm³/mol. The number of hydrogen-bond acceptors (Lipinski definition) is 5. The van der Waals surface area contributed by atoms with E-state index in [1.54, 1.807) is 6.07 Å². The second-order valence-electron chi connectivity index (χ2n) is 10.2. The number of benzene rings is 2. The minimum absolute atomic E-state index is 0.00521. The monoisotopic (exact) mass is 545 g/mol. The number of carbonyl (C=O) groups is 2. The van der Waals surface area contributed by atoms with E-state index in [1.165, 1.54) is 12.1 Å². The number of amides is 2. The van der Waals surface area contributed by atoms with Gasteiger partial charge in [0, 0.05) is 31.6 Å². The molecule has 1 aliphatic heterocycles. The SMILES string of the molecule is CCCC[C@@H](C)N(CCCCCc1ccc(O)c2c1OCC(=O)N2)C(=O)CCNCCc1cc(F)cc(F)c1. The fraction of sp³-hybridized carbons (Fsp3) is 0.533. The van der Waals surface area contributed by atoms with Crippen LogP contribution in [-0.2, 0) is 22.4 Å². The third-order valence-corrected chi connectivity index (χ3v) is 7.03. The number of anilines is 1. The van der Waals surface area contributed by atoms with Gasteiger partial charge >= 0.3 is 0 Å². The molecule has 0 saturated carbocycles. The Morgan fingerprint density at radius 1 is 1.10 bits per heavy atom. The molecule has 39 heavy (non-hydrogen) atoms. The van der Waals surface area contributed by atoms with E-state index in [1.807, 2.05) is 11.0 Å². The van der Waals surface area contributed by atoms with Crippen LogP contribution in [0.15, 0.2) is 30.3 Å². The third kappa shape index (κ3) is 9.49. The van der Waals surface area contributed by atoms with Crippen LogP contribution >= 0.6 is 0 Å². The lowest BCUT2D eigenvalue weighted by atomic mass is 10.0. The average Bonchev–Trinajstić information content (AvgIpc) is 2.89. The Hall–Kier alpha value is -3.20. The van der Waals surface area contributed by atoms with Gasteiger partial charge in [-0.3, -0.25) is 9.59 Å². The number of halogens is 2. The zero-order chi connectivity index (χ0) is 28.2. The van der Waals surface area contributed by atoms with Crippen molar-refractivity contribution in [1.29, 1.82) is 0 Å². The van der Waals surface area contributed by atoms with Crippen molar-refractivity contribution in [3.8, 4) is 11.5 Å². The van der Waals surface area contributed by atoms with Crippen LogP contribution in [0.25, 0.3) is 0 Å². The summed E-state index contributed by atoms with van der Waals surface area (Å²) in [4.78, 5) is 26.7. The van der Waals surface area contributed by atoms with Gasteiger partial charge in [0.15, 0.2) is 12.4 Å². The summed E-state index contributed by atoms with van der Waals surface area (Å²) in [6, 6.07) is 7.08. The van der Waals surface area contributed by atoms with Crippen molar-refractivity contribution in [3.05, 3.63) is 53.1 Å². The molecule has 2 aromatic carbocycles. The van der Waals surface area contributed by atoms with E-state index in [-0.39, 0.29) is 30.2 Å². The third-order valence-electron chi connectivity index (χ3n) is 7.03. The van der Waals surface area contributed by atoms with E-state index in [2.05, 4.69) is 24.5 Å². The minimum Gasteiger partial charge on any atom is -0.506 e. The summed E-state index contributed by atoms with van der Waals surface area (Å²) >= 11 is 0. The molecule has 2 amide bonds. The van der Waals surface area contributed by atoms with Crippen molar-refractivity contribution in [2.45, 2.75) is 77.7 Å². The number of nitrogens with one attached hydrogen (secondary N) is 2. The molecule has 0 saturated heterocycles. The summed E-state index contributed by atoms with van der Waals surface area (Å²) in [7, 11) is 0. The molecule has 0 radical (unpaired) electrons. The first-order valence-electron chi connectivity index (χ1n) is 14.0. The van der Waals surface area contributed by atoms with Gasteiger partial charge in [-0.2, -0.15) is 0 Å². The molecule has 1 aliphatic rings. The number of phenols is 1. The molecule has 1 heterocycles. The van der Waals surface area contributed by atoms with Crippen LogP contribution in [0.4, 0.5) is 14.5 Å². The van der Waals surface area contributed by atoms with Crippen LogP contribution in [0, 0.1) is 11.6 Å². The van der Waals surface area contributed by atoms with Gasteiger partial charge in [-0.05, 0) is 74.9 Å². The van der Waals surface area contributed by atoms with Crippen LogP contribution in [0.2, 0.25) is 0 Å². The van der Waals surface area contributed by atoms with Crippen LogP contribution in [0.5, 0.6) is 11.5 Å². The number of aryl methyl sites for hydroxylation is 1. The van der Waals surface area contributed by atoms with Gasteiger partial charge in [-0.25, -0.2) is 8.78 Å². The molecule has 214 valence electrons. The molecule has 0 spiro atoms. The molecular formula is C30H41F2N3O4. The summed E-state index contributed by atoms with van der Waals surface area (Å²) in [5.74, 6) is -0.806. The van der Waals surface area contributed by atoms with Gasteiger partial charge < -0.3 is 25.4 Å². The van der Waals surface area contributed by atoms with Gasteiger partial charge in [0.2, 0.25) is 5.91 Å². The first kappa shape index (κ1) is 30.3. The molecule has 0 aromatic heterocycles. The van der Waals surface area contributed by atoms with E-state index in [0.29, 0.717) is 49.5 Å². The number of ether oxygens (including phenoxy) is 1. The Morgan fingerprint density at radius 3 is 2.62 bits per heavy atom. The summed E-state index contributed by atoms with van der Waals surface area (Å²) < 4.78 is 32.3. The smallest absolute Gasteiger partial charge is 0.262 e. The normalized spacial score (nSPS) is 13.4. The first-order chi connectivity index (χ1) is 18.8. The van der Waals surface area contributed by atoms with Gasteiger partial charge in [-0.1, -0.05) is 32.3 Å². The molecule has 0 aliphatic carbocycles. The zero-order valence-corrected chi connectivity index (χ0v) is 23.0. The second-order valence-corrected chi connectivity index (χ2v) is 10.2. The molecule has 0 unspecified atom stereocenters. The zero-order valence-electron chi connectivity index (χ0n) is 23.0. The Labute approximate surface area is 229 Å². The Bertz CT molecular complexity index is 1090. The molecule has 9 heteroatoms. The van der Waals surface area contributed by atoms with Crippen molar-refractivity contribution in [3.63, 3.8) is 0 Å². The van der Waals surface area contributed by atoms with Crippen LogP contribution in [0.1, 0.15) is 69.9 Å². The number of rotatable bonds is 16. The number of nitrogens with zero attached hydrogens (tertiary/aromatic N) is 1. The fourth-order valence-electron chi connectivity index (χ4n) is 4.88. The van der Waals surface area contributed by atoms with Crippen LogP contribution < -0.4 is 15.4 Å². The first-order valence-corrected chi connectivity index (χ1v) is 14.0. The molecule has 3 N–H and O–H groups in total. The predicted octanol–water partition coefficient (Wildman–Crippen LogP) is 5.34. The summed E-state index contributed by atoms with van der Waals surface area (Å²) in [5, 5.41) is 15.9. The number of unbranched alkanes of at least 4 members (excludes halogenated alkanes) is 3. The number of phenolic OH excluding ortho intramolecular Hbond substituents is 1. The quantitative estimate of drug-likeness (QED) is 0.196. The Balaban J connectivity index is 1.43. The standard InChI is InChI=1S/C30H41F2N3O4/c1-3-4-8-21(2)35(28(38)13-15-33-14-12-22-17-24(31)19-25(32)18-22)16-7-5-6-9-23-10-11-26(36)29-30(23)39-20-27(37)34-29/h10-11,17-19,21,33,36H,3-9,12-16,20H2,1-2H3,(H,34,37)/t21-/m1/s1. The summed E-state index contributed by atoms with van der Waals surface area (Å²) in [6.45, 7) is 5.92. The van der Waals surface area contributed by atoms with Gasteiger partial charge in [0.25, 0.3) is 5.91 Å². The molecule has 7 nitrogen and oxygen atoms in total. The number of fused-ring (bicyclic) bond motifs is 1. The molecule has 2 aromatic rings. The van der Waals surface area contributed by atoms with Gasteiger partial charge in [0.05, 0.1) is 0 Å². The van der Waals surface area contributed by atoms with Gasteiger partial charge in [-0.15, -0.1) is 0 Å². The Kier molecular flexibility index (Phi) is 12.0. The number of aromatic hydroxyl groups is 1. The molecule has 1 atom stereocenters. The van der Waals surface area contributed by atoms with Gasteiger partial charge in [0.1, 0.15) is 23.1 Å². The maximum absolute atomic E-state index is 13.4. The lowest BCUT2D eigenvalue weighted by molar-refractivity contribution is -0.133. The van der Waals surface area contributed by atoms with E-state index in [9.17, 15) is 23.5 Å². The maximum atomic E-state index is 13.4. The molecule has 0 fully saturated rings. The minimum atomic E-state index is -0.582. The number of carbonyl (C=O) groups excluding carboxylic acids is 2. The van der Waals surface area contributed by atoms with E-state index >= 15 is 0 Å². The lowest BCUT2D eigenvalue weighted by Gasteiger charge is -2.30. The van der Waals surface area contributed by atoms with Crippen molar-refractivity contribution in [2.75, 3.05) is 31.6 Å². The highest BCUT2D eigenvalue weighted by Crippen LogP contribution is 2.39. The Morgan fingerprint density at radius 2 is 1.87 bits per heavy atom. The molecule has 3 rings (SSSR count). The molecular weight excluding hydrogens is 504 g/mol. The average molecular weight is 546 g/mol. The summed E-state index contributed by atoms with van der Waals surface area (Å²) in [6.07, 6.45) is 7.40. The van der Waals surface area contributed by atoms with Crippen molar-refractivity contribution in [2.24, 2.45) is 0 Å². The van der Waals surface area contributed by atoms with Crippen molar-refractivity contribution in [1.82, 2.24) is 10.2 Å². The van der Waals surface area contributed by atoms with E-state index < -0.39 is 11.6 Å². The molecule has 0 bridgehead atoms. The summed E-state index contributed by atoms with van der Waals surface area (Å²) in [5.41, 5.74) is 1.87. The van der Waals surface area contributed by atoms with E-state index in [4.69, 9.17) is 4.74 Å². The van der Waals surface area contributed by atoms with Crippen LogP contribution in [-0.4, -0.2) is 54.1 Å². The second kappa shape index (κ2) is 15.4. The highest BCUT2D eigenvalue weighted by Gasteiger charge is 2.23. The maximum Gasteiger partial charge on any atom is 0.262 e. The topological polar surface area (TPSA) is 90.9 Å². The highest BCUT2D eigenvalue weighted by atomic mass is 19.1. The van der Waals surface area contributed by atoms with Crippen molar-refractivity contribution >= 4 is 17.5 Å². The highest BCUT2D eigenvalue weighted by molar-refractivity contribution is 5.97. The lowest BCUT2D eigenvalue weighted by Crippen LogP contribution is -2.40. The number of hydrogen-bond donors (Lipinski definition) is 3. The van der Waals surface area contributed by atoms with Crippen LogP contribution in [0.3, 0.4) is 0 Å². The van der Waals surface area contributed by atoms with Crippen molar-refractivity contribution < 1.29 is 28.2 Å².